The molecule has 2 aromatic rings. The second kappa shape index (κ2) is 5.38. The molecule has 2 N–H and O–H groups in total. The van der Waals surface area contributed by atoms with E-state index in [1.165, 1.54) is 0 Å². The van der Waals surface area contributed by atoms with Crippen molar-refractivity contribution >= 4 is 21.6 Å². The lowest BCUT2D eigenvalue weighted by Gasteiger charge is -2.27. The molecule has 17 heavy (non-hydrogen) atoms. The van der Waals surface area contributed by atoms with Crippen molar-refractivity contribution < 1.29 is 4.42 Å². The molecule has 1 aromatic carbocycles. The van der Waals surface area contributed by atoms with Crippen LogP contribution in [0.4, 0.5) is 5.69 Å². The molecule has 0 bridgehead atoms. The number of furan rings is 1. The van der Waals surface area contributed by atoms with E-state index in [-0.39, 0.29) is 6.04 Å². The van der Waals surface area contributed by atoms with Gasteiger partial charge in [-0.2, -0.15) is 0 Å². The molecule has 90 valence electrons. The van der Waals surface area contributed by atoms with Crippen molar-refractivity contribution in [1.29, 1.82) is 0 Å². The van der Waals surface area contributed by atoms with Crippen molar-refractivity contribution in [3.05, 3.63) is 52.9 Å². The topological polar surface area (TPSA) is 42.4 Å². The molecule has 0 amide bonds. The third-order valence-corrected chi connectivity index (χ3v) is 3.46. The minimum absolute atomic E-state index is 0.0294. The summed E-state index contributed by atoms with van der Waals surface area (Å²) in [5, 5.41) is 0. The second-order valence-electron chi connectivity index (χ2n) is 3.83. The molecule has 4 heteroatoms. The number of hydrogen-bond acceptors (Lipinski definition) is 3. The van der Waals surface area contributed by atoms with Gasteiger partial charge >= 0.3 is 0 Å². The highest BCUT2D eigenvalue weighted by atomic mass is 79.9. The Balaban J connectivity index is 2.28. The van der Waals surface area contributed by atoms with Crippen molar-refractivity contribution in [2.45, 2.75) is 6.04 Å². The van der Waals surface area contributed by atoms with E-state index in [1.54, 1.807) is 6.26 Å². The summed E-state index contributed by atoms with van der Waals surface area (Å²) in [6, 6.07) is 12.0. The fourth-order valence-electron chi connectivity index (χ4n) is 1.83. The first-order chi connectivity index (χ1) is 8.24. The lowest BCUT2D eigenvalue weighted by molar-refractivity contribution is 0.458. The maximum absolute atomic E-state index is 5.85. The molecule has 2 rings (SSSR count). The number of nitrogens with zero attached hydrogens (tertiary/aromatic N) is 1. The van der Waals surface area contributed by atoms with Crippen LogP contribution < -0.4 is 10.6 Å². The Hall–Kier alpha value is -1.26. The predicted molar refractivity (Wildman–Crippen MR) is 73.0 cm³/mol. The van der Waals surface area contributed by atoms with Gasteiger partial charge in [0.2, 0.25) is 0 Å². The molecule has 0 saturated carbocycles. The van der Waals surface area contributed by atoms with Gasteiger partial charge in [0, 0.05) is 19.3 Å². The Morgan fingerprint density at radius 2 is 2.00 bits per heavy atom. The van der Waals surface area contributed by atoms with Crippen LogP contribution in [0.25, 0.3) is 0 Å². The summed E-state index contributed by atoms with van der Waals surface area (Å²) in [6.07, 6.45) is 1.67. The molecule has 0 aliphatic carbocycles. The van der Waals surface area contributed by atoms with Crippen molar-refractivity contribution in [1.82, 2.24) is 0 Å². The quantitative estimate of drug-likeness (QED) is 0.942. The number of para-hydroxylation sites is 1. The highest BCUT2D eigenvalue weighted by Gasteiger charge is 2.21. The van der Waals surface area contributed by atoms with Crippen LogP contribution in [0, 0.1) is 0 Å². The van der Waals surface area contributed by atoms with E-state index in [1.807, 2.05) is 31.3 Å². The fourth-order valence-corrected chi connectivity index (χ4v) is 2.29. The number of halogens is 1. The van der Waals surface area contributed by atoms with Crippen LogP contribution in [-0.2, 0) is 0 Å². The number of nitrogens with two attached hydrogens (primary N) is 1. The molecule has 1 heterocycles. The van der Waals surface area contributed by atoms with Gasteiger partial charge in [0.1, 0.15) is 11.8 Å². The van der Waals surface area contributed by atoms with Gasteiger partial charge in [-0.25, -0.2) is 0 Å². The lowest BCUT2D eigenvalue weighted by Crippen LogP contribution is -2.30. The largest absolute Gasteiger partial charge is 0.466 e. The van der Waals surface area contributed by atoms with Crippen molar-refractivity contribution in [3.63, 3.8) is 0 Å². The second-order valence-corrected chi connectivity index (χ2v) is 4.69. The maximum Gasteiger partial charge on any atom is 0.141 e. The Bertz CT molecular complexity index is 469. The van der Waals surface area contributed by atoms with Gasteiger partial charge in [0.25, 0.3) is 0 Å². The fraction of sp³-hybridized carbons (Fsp3) is 0.231. The molecular weight excluding hydrogens is 280 g/mol. The van der Waals surface area contributed by atoms with Crippen LogP contribution in [0.15, 0.2) is 51.6 Å². The molecule has 0 saturated heterocycles. The van der Waals surface area contributed by atoms with E-state index >= 15 is 0 Å². The van der Waals surface area contributed by atoms with E-state index in [0.29, 0.717) is 6.54 Å². The molecule has 1 atom stereocenters. The molecule has 0 radical (unpaired) electrons. The zero-order chi connectivity index (χ0) is 12.3. The molecule has 0 aliphatic heterocycles. The number of hydrogen-bond donors (Lipinski definition) is 1. The van der Waals surface area contributed by atoms with E-state index in [0.717, 1.165) is 15.9 Å². The third-order valence-electron chi connectivity index (χ3n) is 2.80. The van der Waals surface area contributed by atoms with E-state index < -0.39 is 0 Å². The summed E-state index contributed by atoms with van der Waals surface area (Å²) in [5.41, 5.74) is 6.97. The number of rotatable bonds is 4. The van der Waals surface area contributed by atoms with E-state index in [4.69, 9.17) is 10.2 Å². The predicted octanol–water partition coefficient (Wildman–Crippen LogP) is 3.18. The summed E-state index contributed by atoms with van der Waals surface area (Å²) in [6.45, 7) is 0.498. The Morgan fingerprint density at radius 3 is 2.53 bits per heavy atom. The summed E-state index contributed by atoms with van der Waals surface area (Å²) in [5.74, 6) is 0.860. The molecule has 0 spiro atoms. The summed E-state index contributed by atoms with van der Waals surface area (Å²) >= 11 is 3.47. The van der Waals surface area contributed by atoms with Gasteiger partial charge in [-0.1, -0.05) is 18.2 Å². The van der Waals surface area contributed by atoms with Crippen LogP contribution in [0.3, 0.4) is 0 Å². The first-order valence-corrected chi connectivity index (χ1v) is 6.24. The highest BCUT2D eigenvalue weighted by Crippen LogP contribution is 2.30. The normalized spacial score (nSPS) is 12.4. The average molecular weight is 295 g/mol. The summed E-state index contributed by atoms with van der Waals surface area (Å²) in [7, 11) is 2.02. The molecular formula is C13H15BrN2O. The van der Waals surface area contributed by atoms with Gasteiger partial charge in [-0.15, -0.1) is 0 Å². The lowest BCUT2D eigenvalue weighted by atomic mass is 10.1. The highest BCUT2D eigenvalue weighted by molar-refractivity contribution is 9.10. The molecule has 0 fully saturated rings. The minimum atomic E-state index is 0.0294. The maximum atomic E-state index is 5.85. The minimum Gasteiger partial charge on any atom is -0.466 e. The zero-order valence-corrected chi connectivity index (χ0v) is 11.2. The van der Waals surface area contributed by atoms with E-state index in [2.05, 4.69) is 33.0 Å². The van der Waals surface area contributed by atoms with Gasteiger partial charge in [-0.3, -0.25) is 0 Å². The summed E-state index contributed by atoms with van der Waals surface area (Å²) in [4.78, 5) is 2.11. The zero-order valence-electron chi connectivity index (χ0n) is 9.64. The van der Waals surface area contributed by atoms with Gasteiger partial charge in [0.15, 0.2) is 0 Å². The van der Waals surface area contributed by atoms with Crippen LogP contribution in [0.1, 0.15) is 11.8 Å². The van der Waals surface area contributed by atoms with Crippen LogP contribution >= 0.6 is 15.9 Å². The number of anilines is 1. The number of benzene rings is 1. The van der Waals surface area contributed by atoms with Gasteiger partial charge in [0.05, 0.1) is 10.7 Å². The van der Waals surface area contributed by atoms with Crippen LogP contribution in [-0.4, -0.2) is 13.6 Å². The van der Waals surface area contributed by atoms with Crippen LogP contribution in [0.2, 0.25) is 0 Å². The Labute approximate surface area is 109 Å². The van der Waals surface area contributed by atoms with Crippen molar-refractivity contribution in [3.8, 4) is 0 Å². The summed E-state index contributed by atoms with van der Waals surface area (Å²) < 4.78 is 6.45. The standard InChI is InChI=1S/C13H15BrN2O/c1-16(10-5-3-2-4-6-10)12(9-15)13-11(14)7-8-17-13/h2-8,12H,9,15H2,1H3. The molecule has 1 aromatic heterocycles. The Morgan fingerprint density at radius 1 is 1.29 bits per heavy atom. The van der Waals surface area contributed by atoms with Crippen molar-refractivity contribution in [2.75, 3.05) is 18.5 Å². The number of likely N-dealkylation sites (N-methyl/N-ethyl adjacent to an activating group) is 1. The Kier molecular flexibility index (Phi) is 3.86. The molecule has 1 unspecified atom stereocenters. The van der Waals surface area contributed by atoms with Gasteiger partial charge in [-0.05, 0) is 34.1 Å². The van der Waals surface area contributed by atoms with Crippen molar-refractivity contribution in [2.24, 2.45) is 5.73 Å². The first kappa shape index (κ1) is 12.2. The third kappa shape index (κ3) is 2.53. The average Bonchev–Trinajstić information content (AvgIpc) is 2.78. The molecule has 3 nitrogen and oxygen atoms in total. The monoisotopic (exact) mass is 294 g/mol. The first-order valence-electron chi connectivity index (χ1n) is 5.45. The smallest absolute Gasteiger partial charge is 0.141 e. The van der Waals surface area contributed by atoms with Crippen LogP contribution in [0.5, 0.6) is 0 Å². The molecule has 0 aliphatic rings. The van der Waals surface area contributed by atoms with E-state index in [9.17, 15) is 0 Å². The SMILES string of the molecule is CN(c1ccccc1)C(CN)c1occc1Br. The van der Waals surface area contributed by atoms with Gasteiger partial charge < -0.3 is 15.1 Å².